The smallest absolute Gasteiger partial charge is 0.238 e. The topological polar surface area (TPSA) is 72.7 Å². The molecule has 20 heavy (non-hydrogen) atoms. The van der Waals surface area contributed by atoms with Crippen molar-refractivity contribution in [1.29, 1.82) is 0 Å². The zero-order valence-corrected chi connectivity index (χ0v) is 13.2. The highest BCUT2D eigenvalue weighted by molar-refractivity contribution is 8.02. The molecule has 0 aliphatic heterocycles. The summed E-state index contributed by atoms with van der Waals surface area (Å²) in [7, 11) is 0. The molecule has 8 heteroatoms. The first kappa shape index (κ1) is 15.0. The van der Waals surface area contributed by atoms with E-state index in [4.69, 9.17) is 0 Å². The summed E-state index contributed by atoms with van der Waals surface area (Å²) in [5, 5.41) is 14.6. The lowest BCUT2D eigenvalue weighted by Crippen LogP contribution is -2.24. The van der Waals surface area contributed by atoms with Gasteiger partial charge in [0, 0.05) is 6.07 Å². The van der Waals surface area contributed by atoms with E-state index in [2.05, 4.69) is 34.5 Å². The highest BCUT2D eigenvalue weighted by Crippen LogP contribution is 2.25. The second kappa shape index (κ2) is 6.85. The van der Waals surface area contributed by atoms with Gasteiger partial charge in [-0.3, -0.25) is 4.79 Å². The number of nitrogens with zero attached hydrogens (tertiary/aromatic N) is 4. The van der Waals surface area contributed by atoms with Gasteiger partial charge >= 0.3 is 0 Å². The van der Waals surface area contributed by atoms with E-state index in [1.54, 1.807) is 11.7 Å². The van der Waals surface area contributed by atoms with E-state index >= 15 is 0 Å². The number of rotatable bonds is 6. The van der Waals surface area contributed by atoms with Crippen LogP contribution in [0.2, 0.25) is 0 Å². The fourth-order valence-electron chi connectivity index (χ4n) is 1.58. The second-order valence-corrected chi connectivity index (χ2v) is 6.79. The van der Waals surface area contributed by atoms with Gasteiger partial charge in [-0.1, -0.05) is 30.0 Å². The quantitative estimate of drug-likeness (QED) is 0.830. The van der Waals surface area contributed by atoms with Crippen molar-refractivity contribution in [3.8, 4) is 0 Å². The molecule has 0 fully saturated rings. The number of hydrogen-bond donors (Lipinski definition) is 1. The number of amides is 1. The van der Waals surface area contributed by atoms with Crippen LogP contribution in [0.15, 0.2) is 22.1 Å². The van der Waals surface area contributed by atoms with Gasteiger partial charge in [0.2, 0.25) is 5.91 Å². The van der Waals surface area contributed by atoms with Crippen LogP contribution in [0.5, 0.6) is 0 Å². The van der Waals surface area contributed by atoms with Crippen molar-refractivity contribution in [2.75, 3.05) is 5.32 Å². The van der Waals surface area contributed by atoms with Gasteiger partial charge < -0.3 is 5.32 Å². The molecule has 0 aromatic carbocycles. The SMILES string of the molecule is CC[C@@H](C)n1nccc1NC(=O)[C@@H](C)Sc1nncs1. The van der Waals surface area contributed by atoms with Crippen LogP contribution in [0.4, 0.5) is 5.82 Å². The summed E-state index contributed by atoms with van der Waals surface area (Å²) in [6.07, 6.45) is 2.66. The number of anilines is 1. The Hall–Kier alpha value is -1.41. The molecular weight excluding hydrogens is 294 g/mol. The molecule has 6 nitrogen and oxygen atoms in total. The second-order valence-electron chi connectivity index (χ2n) is 4.37. The Balaban J connectivity index is 1.99. The Morgan fingerprint density at radius 3 is 3.00 bits per heavy atom. The van der Waals surface area contributed by atoms with Gasteiger partial charge in [0.15, 0.2) is 4.34 Å². The Kier molecular flexibility index (Phi) is 5.13. The lowest BCUT2D eigenvalue weighted by molar-refractivity contribution is -0.115. The van der Waals surface area contributed by atoms with E-state index in [9.17, 15) is 4.79 Å². The van der Waals surface area contributed by atoms with Crippen LogP contribution in [0.1, 0.15) is 33.2 Å². The highest BCUT2D eigenvalue weighted by atomic mass is 32.2. The highest BCUT2D eigenvalue weighted by Gasteiger charge is 2.18. The van der Waals surface area contributed by atoms with Crippen molar-refractivity contribution >= 4 is 34.8 Å². The summed E-state index contributed by atoms with van der Waals surface area (Å²) < 4.78 is 2.63. The van der Waals surface area contributed by atoms with E-state index in [0.29, 0.717) is 0 Å². The van der Waals surface area contributed by atoms with Crippen LogP contribution >= 0.6 is 23.1 Å². The average molecular weight is 311 g/mol. The molecule has 0 unspecified atom stereocenters. The molecule has 108 valence electrons. The van der Waals surface area contributed by atoms with Crippen molar-refractivity contribution in [3.05, 3.63) is 17.8 Å². The molecule has 1 amide bonds. The predicted octanol–water partition coefficient (Wildman–Crippen LogP) is 2.82. The number of carbonyl (C=O) groups excluding carboxylic acids is 1. The maximum atomic E-state index is 12.2. The minimum Gasteiger partial charge on any atom is -0.310 e. The van der Waals surface area contributed by atoms with Crippen LogP contribution < -0.4 is 5.32 Å². The summed E-state index contributed by atoms with van der Waals surface area (Å²) in [6.45, 7) is 6.01. The minimum atomic E-state index is -0.233. The van der Waals surface area contributed by atoms with Gasteiger partial charge in [-0.15, -0.1) is 10.2 Å². The molecule has 2 aromatic rings. The number of carbonyl (C=O) groups is 1. The van der Waals surface area contributed by atoms with Crippen LogP contribution in [0.25, 0.3) is 0 Å². The minimum absolute atomic E-state index is 0.0600. The van der Waals surface area contributed by atoms with E-state index < -0.39 is 0 Å². The molecule has 0 saturated carbocycles. The maximum absolute atomic E-state index is 12.2. The lowest BCUT2D eigenvalue weighted by Gasteiger charge is -2.15. The fraction of sp³-hybridized carbons (Fsp3) is 0.500. The molecular formula is C12H17N5OS2. The van der Waals surface area contributed by atoms with Gasteiger partial charge in [-0.25, -0.2) is 4.68 Å². The molecule has 0 aliphatic carbocycles. The number of hydrogen-bond acceptors (Lipinski definition) is 6. The van der Waals surface area contributed by atoms with Gasteiger partial charge in [-0.2, -0.15) is 5.10 Å². The maximum Gasteiger partial charge on any atom is 0.238 e. The number of nitrogens with one attached hydrogen (secondary N) is 1. The van der Waals surface area contributed by atoms with Crippen LogP contribution in [-0.2, 0) is 4.79 Å². The molecule has 2 atom stereocenters. The summed E-state index contributed by atoms with van der Waals surface area (Å²) in [5.74, 6) is 0.671. The number of aromatic nitrogens is 4. The van der Waals surface area contributed by atoms with Crippen molar-refractivity contribution in [2.24, 2.45) is 0 Å². The number of thioether (sulfide) groups is 1. The summed E-state index contributed by atoms with van der Waals surface area (Å²) in [6, 6.07) is 2.07. The van der Waals surface area contributed by atoms with Gasteiger partial charge in [0.25, 0.3) is 0 Å². The van der Waals surface area contributed by atoms with Crippen LogP contribution in [-0.4, -0.2) is 31.1 Å². The molecule has 0 aliphatic rings. The summed E-state index contributed by atoms with van der Waals surface area (Å²) >= 11 is 2.83. The van der Waals surface area contributed by atoms with Crippen molar-refractivity contribution in [3.63, 3.8) is 0 Å². The molecule has 2 aromatic heterocycles. The van der Waals surface area contributed by atoms with E-state index in [1.165, 1.54) is 23.1 Å². The average Bonchev–Trinajstić information content (AvgIpc) is 3.09. The fourth-order valence-corrected chi connectivity index (χ4v) is 3.21. The van der Waals surface area contributed by atoms with Crippen molar-refractivity contribution < 1.29 is 4.79 Å². The van der Waals surface area contributed by atoms with Crippen molar-refractivity contribution in [1.82, 2.24) is 20.0 Å². The molecule has 1 N–H and O–H groups in total. The van der Waals surface area contributed by atoms with Crippen LogP contribution in [0, 0.1) is 0 Å². The first-order chi connectivity index (χ1) is 9.61. The third-order valence-corrected chi connectivity index (χ3v) is 4.83. The first-order valence-corrected chi connectivity index (χ1v) is 8.15. The van der Waals surface area contributed by atoms with Gasteiger partial charge in [-0.05, 0) is 20.3 Å². The molecule has 0 bridgehead atoms. The molecule has 0 radical (unpaired) electrons. The Labute approximate surface area is 126 Å². The van der Waals surface area contributed by atoms with Crippen molar-refractivity contribution in [2.45, 2.75) is 42.8 Å². The molecule has 2 rings (SSSR count). The largest absolute Gasteiger partial charge is 0.310 e. The molecule has 2 heterocycles. The molecule has 0 saturated heterocycles. The Morgan fingerprint density at radius 2 is 2.35 bits per heavy atom. The monoisotopic (exact) mass is 311 g/mol. The van der Waals surface area contributed by atoms with E-state index in [-0.39, 0.29) is 17.2 Å². The third-order valence-electron chi connectivity index (χ3n) is 2.92. The summed E-state index contributed by atoms with van der Waals surface area (Å²) in [5.41, 5.74) is 1.66. The first-order valence-electron chi connectivity index (χ1n) is 6.39. The Morgan fingerprint density at radius 1 is 1.55 bits per heavy atom. The van der Waals surface area contributed by atoms with Gasteiger partial charge in [0.1, 0.15) is 11.3 Å². The van der Waals surface area contributed by atoms with E-state index in [1.807, 2.05) is 17.7 Å². The zero-order valence-electron chi connectivity index (χ0n) is 11.6. The standard InChI is InChI=1S/C12H17N5OS2/c1-4-8(2)17-10(5-6-14-17)15-11(18)9(3)20-12-16-13-7-19-12/h5-9H,4H2,1-3H3,(H,15,18)/t8-,9-/m1/s1. The Bertz CT molecular complexity index is 554. The third kappa shape index (κ3) is 3.57. The normalized spacial score (nSPS) is 13.9. The predicted molar refractivity (Wildman–Crippen MR) is 81.1 cm³/mol. The van der Waals surface area contributed by atoms with Crippen LogP contribution in [0.3, 0.4) is 0 Å². The summed E-state index contributed by atoms with van der Waals surface area (Å²) in [4.78, 5) is 12.2. The van der Waals surface area contributed by atoms with Gasteiger partial charge in [0.05, 0.1) is 17.5 Å². The van der Waals surface area contributed by atoms with E-state index in [0.717, 1.165) is 16.6 Å². The molecule has 0 spiro atoms. The zero-order chi connectivity index (χ0) is 14.5. The lowest BCUT2D eigenvalue weighted by atomic mass is 10.3.